The van der Waals surface area contributed by atoms with Crippen LogP contribution in [0.2, 0.25) is 0 Å². The van der Waals surface area contributed by atoms with Crippen molar-refractivity contribution in [1.29, 1.82) is 0 Å². The Morgan fingerprint density at radius 2 is 1.72 bits per heavy atom. The standard InChI is InChI=1S/C20H21NO4/c1-12-6-17-18(22)9-14(20(23)19(17)21-11-12)5-4-13-7-15(24-2)10-16(8-13)25-3/h6-11,17,19H,4-5H2,1-3H3. The summed E-state index contributed by atoms with van der Waals surface area (Å²) in [5.74, 6) is 0.857. The van der Waals surface area contributed by atoms with Gasteiger partial charge in [0.2, 0.25) is 0 Å². The number of Topliss-reactive ketones (excluding diaryl/α,β-unsaturated/α-hetero) is 1. The topological polar surface area (TPSA) is 65.0 Å². The summed E-state index contributed by atoms with van der Waals surface area (Å²) in [5, 5.41) is 0. The highest BCUT2D eigenvalue weighted by Gasteiger charge is 2.38. The summed E-state index contributed by atoms with van der Waals surface area (Å²) >= 11 is 0. The van der Waals surface area contributed by atoms with Crippen LogP contribution in [0, 0.1) is 5.92 Å². The van der Waals surface area contributed by atoms with E-state index in [2.05, 4.69) is 4.99 Å². The number of hydrogen-bond acceptors (Lipinski definition) is 5. The van der Waals surface area contributed by atoms with Crippen LogP contribution in [-0.2, 0) is 16.0 Å². The molecule has 2 atom stereocenters. The lowest BCUT2D eigenvalue weighted by molar-refractivity contribution is -0.125. The molecule has 0 fully saturated rings. The number of aryl methyl sites for hydroxylation is 1. The molecule has 0 radical (unpaired) electrons. The Morgan fingerprint density at radius 3 is 2.36 bits per heavy atom. The highest BCUT2D eigenvalue weighted by Crippen LogP contribution is 2.29. The molecule has 5 heteroatoms. The van der Waals surface area contributed by atoms with E-state index in [0.717, 1.165) is 11.1 Å². The zero-order chi connectivity index (χ0) is 18.0. The van der Waals surface area contributed by atoms with Crippen LogP contribution in [0.15, 0.2) is 46.5 Å². The van der Waals surface area contributed by atoms with Gasteiger partial charge in [-0.2, -0.15) is 0 Å². The minimum absolute atomic E-state index is 0.0426. The quantitative estimate of drug-likeness (QED) is 0.827. The molecule has 0 saturated heterocycles. The van der Waals surface area contributed by atoms with Crippen molar-refractivity contribution in [2.75, 3.05) is 14.2 Å². The van der Waals surface area contributed by atoms with Crippen molar-refractivity contribution in [2.24, 2.45) is 10.9 Å². The van der Waals surface area contributed by atoms with Crippen molar-refractivity contribution in [3.8, 4) is 11.5 Å². The highest BCUT2D eigenvalue weighted by atomic mass is 16.5. The Balaban J connectivity index is 1.78. The lowest BCUT2D eigenvalue weighted by Crippen LogP contribution is -2.39. The fourth-order valence-corrected chi connectivity index (χ4v) is 3.19. The maximum absolute atomic E-state index is 12.7. The number of ketones is 2. The molecule has 1 aromatic carbocycles. The van der Waals surface area contributed by atoms with Crippen molar-refractivity contribution < 1.29 is 19.1 Å². The average molecular weight is 339 g/mol. The van der Waals surface area contributed by atoms with Gasteiger partial charge in [0, 0.05) is 17.9 Å². The van der Waals surface area contributed by atoms with E-state index >= 15 is 0 Å². The monoisotopic (exact) mass is 339 g/mol. The van der Waals surface area contributed by atoms with E-state index in [1.165, 1.54) is 6.08 Å². The van der Waals surface area contributed by atoms with Crippen molar-refractivity contribution in [1.82, 2.24) is 0 Å². The van der Waals surface area contributed by atoms with E-state index in [9.17, 15) is 9.59 Å². The number of ether oxygens (including phenoxy) is 2. The molecule has 2 unspecified atom stereocenters. The molecular weight excluding hydrogens is 318 g/mol. The lowest BCUT2D eigenvalue weighted by atomic mass is 9.79. The first-order chi connectivity index (χ1) is 12.0. The first-order valence-electron chi connectivity index (χ1n) is 8.24. The van der Waals surface area contributed by atoms with Crippen LogP contribution >= 0.6 is 0 Å². The van der Waals surface area contributed by atoms with Crippen molar-refractivity contribution in [3.05, 3.63) is 47.1 Å². The van der Waals surface area contributed by atoms with E-state index < -0.39 is 12.0 Å². The summed E-state index contributed by atoms with van der Waals surface area (Å²) in [6, 6.07) is 5.02. The van der Waals surface area contributed by atoms with Gasteiger partial charge in [-0.25, -0.2) is 0 Å². The number of nitrogens with zero attached hydrogens (tertiary/aromatic N) is 1. The van der Waals surface area contributed by atoms with Crippen molar-refractivity contribution in [2.45, 2.75) is 25.8 Å². The van der Waals surface area contributed by atoms with Gasteiger partial charge in [0.15, 0.2) is 11.6 Å². The van der Waals surface area contributed by atoms with E-state index in [1.807, 2.05) is 25.1 Å². The Bertz CT molecular complexity index is 782. The first kappa shape index (κ1) is 17.1. The molecule has 0 N–H and O–H groups in total. The Labute approximate surface area is 147 Å². The van der Waals surface area contributed by atoms with Gasteiger partial charge >= 0.3 is 0 Å². The molecule has 1 aliphatic heterocycles. The second kappa shape index (κ2) is 7.05. The van der Waals surface area contributed by atoms with Crippen LogP contribution in [0.5, 0.6) is 11.5 Å². The van der Waals surface area contributed by atoms with Gasteiger partial charge in [-0.1, -0.05) is 6.08 Å². The first-order valence-corrected chi connectivity index (χ1v) is 8.24. The molecule has 1 heterocycles. The predicted molar refractivity (Wildman–Crippen MR) is 95.5 cm³/mol. The van der Waals surface area contributed by atoms with Crippen LogP contribution in [0.1, 0.15) is 18.9 Å². The summed E-state index contributed by atoms with van der Waals surface area (Å²) in [4.78, 5) is 29.3. The maximum atomic E-state index is 12.7. The molecule has 0 amide bonds. The molecule has 1 aromatic rings. The fourth-order valence-electron chi connectivity index (χ4n) is 3.19. The number of hydrogen-bond donors (Lipinski definition) is 0. The Kier molecular flexibility index (Phi) is 4.83. The second-order valence-corrected chi connectivity index (χ2v) is 6.32. The predicted octanol–water partition coefficient (Wildman–Crippen LogP) is 2.73. The number of carbonyl (C=O) groups excluding carboxylic acids is 2. The van der Waals surface area contributed by atoms with E-state index in [-0.39, 0.29) is 11.6 Å². The molecule has 1 aliphatic carbocycles. The van der Waals surface area contributed by atoms with Gasteiger partial charge in [-0.15, -0.1) is 0 Å². The van der Waals surface area contributed by atoms with Crippen LogP contribution in [0.25, 0.3) is 0 Å². The fraction of sp³-hybridized carbons (Fsp3) is 0.350. The zero-order valence-electron chi connectivity index (χ0n) is 14.6. The molecule has 3 rings (SSSR count). The van der Waals surface area contributed by atoms with E-state index in [1.54, 1.807) is 26.5 Å². The van der Waals surface area contributed by atoms with Crippen LogP contribution in [-0.4, -0.2) is 38.0 Å². The Hall–Kier alpha value is -2.69. The number of fused-ring (bicyclic) bond motifs is 1. The largest absolute Gasteiger partial charge is 0.497 e. The number of methoxy groups -OCH3 is 2. The zero-order valence-corrected chi connectivity index (χ0v) is 14.6. The number of dihydropyridines is 1. The van der Waals surface area contributed by atoms with Gasteiger partial charge < -0.3 is 9.47 Å². The summed E-state index contributed by atoms with van der Waals surface area (Å²) < 4.78 is 10.5. The normalized spacial score (nSPS) is 22.2. The maximum Gasteiger partial charge on any atom is 0.184 e. The van der Waals surface area contributed by atoms with Gasteiger partial charge in [-0.3, -0.25) is 14.6 Å². The molecule has 0 saturated carbocycles. The molecule has 0 aromatic heterocycles. The SMILES string of the molecule is COc1cc(CCC2=CC(=O)C3C=C(C)C=NC3C2=O)cc(OC)c1. The number of benzene rings is 1. The average Bonchev–Trinajstić information content (AvgIpc) is 2.63. The van der Waals surface area contributed by atoms with Gasteiger partial charge in [0.25, 0.3) is 0 Å². The molecule has 2 aliphatic rings. The molecule has 130 valence electrons. The Morgan fingerprint density at radius 1 is 1.04 bits per heavy atom. The summed E-state index contributed by atoms with van der Waals surface area (Å²) in [6.07, 6.45) is 6.10. The second-order valence-electron chi connectivity index (χ2n) is 6.32. The minimum Gasteiger partial charge on any atom is -0.497 e. The van der Waals surface area contributed by atoms with Crippen molar-refractivity contribution in [3.63, 3.8) is 0 Å². The van der Waals surface area contributed by atoms with Crippen molar-refractivity contribution >= 4 is 17.8 Å². The number of carbonyl (C=O) groups is 2. The van der Waals surface area contributed by atoms with E-state index in [4.69, 9.17) is 9.47 Å². The van der Waals surface area contributed by atoms with E-state index in [0.29, 0.717) is 29.9 Å². The van der Waals surface area contributed by atoms with Gasteiger partial charge in [0.1, 0.15) is 17.5 Å². The summed E-state index contributed by atoms with van der Waals surface area (Å²) in [5.41, 5.74) is 2.45. The third-order valence-electron chi connectivity index (χ3n) is 4.55. The molecule has 0 bridgehead atoms. The third-order valence-corrected chi connectivity index (χ3v) is 4.55. The van der Waals surface area contributed by atoms with Crippen LogP contribution in [0.4, 0.5) is 0 Å². The number of aliphatic imine (C=N–C) groups is 1. The van der Waals surface area contributed by atoms with Crippen LogP contribution < -0.4 is 9.47 Å². The minimum atomic E-state index is -0.601. The number of allylic oxidation sites excluding steroid dienone is 2. The lowest BCUT2D eigenvalue weighted by Gasteiger charge is -2.27. The third kappa shape index (κ3) is 3.55. The molecular formula is C20H21NO4. The van der Waals surface area contributed by atoms with Gasteiger partial charge in [-0.05, 0) is 49.1 Å². The number of rotatable bonds is 5. The highest BCUT2D eigenvalue weighted by molar-refractivity contribution is 6.14. The van der Waals surface area contributed by atoms with Gasteiger partial charge in [0.05, 0.1) is 20.1 Å². The smallest absolute Gasteiger partial charge is 0.184 e. The van der Waals surface area contributed by atoms with Crippen LogP contribution in [0.3, 0.4) is 0 Å². The summed E-state index contributed by atoms with van der Waals surface area (Å²) in [7, 11) is 3.20. The summed E-state index contributed by atoms with van der Waals surface area (Å²) in [6.45, 7) is 1.88. The molecule has 5 nitrogen and oxygen atoms in total. The molecule has 25 heavy (non-hydrogen) atoms. The molecule has 0 spiro atoms.